The molecule has 0 radical (unpaired) electrons. The van der Waals surface area contributed by atoms with E-state index >= 15 is 0 Å². The van der Waals surface area contributed by atoms with Gasteiger partial charge in [-0.05, 0) is 18.6 Å². The molecule has 0 saturated carbocycles. The van der Waals surface area contributed by atoms with Crippen LogP contribution in [0.25, 0.3) is 0 Å². The molecule has 0 unspecified atom stereocenters. The van der Waals surface area contributed by atoms with Gasteiger partial charge in [-0.2, -0.15) is 0 Å². The second-order valence-corrected chi connectivity index (χ2v) is 5.55. The van der Waals surface area contributed by atoms with Crippen LogP contribution in [0.2, 0.25) is 0 Å². The molecule has 0 bridgehead atoms. The van der Waals surface area contributed by atoms with Gasteiger partial charge in [0.2, 0.25) is 0 Å². The van der Waals surface area contributed by atoms with E-state index in [0.717, 1.165) is 6.42 Å². The molecule has 1 aromatic carbocycles. The van der Waals surface area contributed by atoms with E-state index in [-0.39, 0.29) is 12.0 Å². The van der Waals surface area contributed by atoms with Crippen LogP contribution < -0.4 is 9.80 Å². The number of nitrogens with zero attached hydrogens (tertiary/aromatic N) is 2. The van der Waals surface area contributed by atoms with Gasteiger partial charge in [0.1, 0.15) is 0 Å². The lowest BCUT2D eigenvalue weighted by Crippen LogP contribution is -2.59. The van der Waals surface area contributed by atoms with Gasteiger partial charge in [0.25, 0.3) is 0 Å². The van der Waals surface area contributed by atoms with Crippen LogP contribution in [0.3, 0.4) is 0 Å². The van der Waals surface area contributed by atoms with Crippen molar-refractivity contribution in [3.63, 3.8) is 0 Å². The van der Waals surface area contributed by atoms with E-state index in [4.69, 9.17) is 14.2 Å². The van der Waals surface area contributed by atoms with Gasteiger partial charge < -0.3 is 14.2 Å². The smallest absolute Gasteiger partial charge is 0.416 e. The molecule has 1 saturated heterocycles. The van der Waals surface area contributed by atoms with E-state index in [1.807, 2.05) is 13.0 Å². The summed E-state index contributed by atoms with van der Waals surface area (Å²) >= 11 is 0. The number of amides is 2. The number of ether oxygens (including phenoxy) is 3. The number of hydrogen-bond acceptors (Lipinski definition) is 5. The molecule has 3 rings (SSSR count). The molecule has 2 aliphatic heterocycles. The van der Waals surface area contributed by atoms with Crippen molar-refractivity contribution >= 4 is 23.6 Å². The number of rotatable bonds is 1. The van der Waals surface area contributed by atoms with Crippen LogP contribution in [-0.4, -0.2) is 45.3 Å². The second kappa shape index (κ2) is 6.08. The van der Waals surface area contributed by atoms with Crippen LogP contribution in [0, 0.1) is 5.92 Å². The number of hydrogen-bond donors (Lipinski definition) is 0. The zero-order valence-corrected chi connectivity index (χ0v) is 13.4. The van der Waals surface area contributed by atoms with Crippen LogP contribution in [0.15, 0.2) is 24.3 Å². The summed E-state index contributed by atoms with van der Waals surface area (Å²) in [7, 11) is 2.68. The summed E-state index contributed by atoms with van der Waals surface area (Å²) in [6.07, 6.45) is -0.720. The Balaban J connectivity index is 2.16. The molecule has 2 aliphatic rings. The van der Waals surface area contributed by atoms with Crippen molar-refractivity contribution in [1.29, 1.82) is 0 Å². The van der Waals surface area contributed by atoms with E-state index in [0.29, 0.717) is 18.0 Å². The molecule has 2 heterocycles. The number of carbonyl (C=O) groups is 2. The van der Waals surface area contributed by atoms with Gasteiger partial charge in [-0.3, -0.25) is 4.90 Å². The highest BCUT2D eigenvalue weighted by Gasteiger charge is 2.52. The van der Waals surface area contributed by atoms with Crippen molar-refractivity contribution in [1.82, 2.24) is 0 Å². The highest BCUT2D eigenvalue weighted by Crippen LogP contribution is 2.44. The average molecular weight is 320 g/mol. The Bertz CT molecular complexity index is 620. The Morgan fingerprint density at radius 1 is 1.13 bits per heavy atom. The molecule has 1 aromatic rings. The first-order valence-electron chi connectivity index (χ1n) is 7.59. The topological polar surface area (TPSA) is 68.3 Å². The van der Waals surface area contributed by atoms with Crippen LogP contribution in [0.5, 0.6) is 0 Å². The van der Waals surface area contributed by atoms with Gasteiger partial charge >= 0.3 is 12.2 Å². The molecule has 124 valence electrons. The van der Waals surface area contributed by atoms with Crippen molar-refractivity contribution in [2.24, 2.45) is 5.92 Å². The Kier molecular flexibility index (Phi) is 4.12. The quantitative estimate of drug-likeness (QED) is 0.795. The summed E-state index contributed by atoms with van der Waals surface area (Å²) in [6, 6.07) is 6.88. The van der Waals surface area contributed by atoms with Crippen LogP contribution in [-0.2, 0) is 14.2 Å². The predicted molar refractivity (Wildman–Crippen MR) is 83.5 cm³/mol. The first kappa shape index (κ1) is 15.6. The first-order valence-corrected chi connectivity index (χ1v) is 7.59. The van der Waals surface area contributed by atoms with Crippen molar-refractivity contribution in [3.05, 3.63) is 24.3 Å². The fourth-order valence-electron chi connectivity index (χ4n) is 3.37. The lowest BCUT2D eigenvalue weighted by molar-refractivity contribution is 0.0857. The molecule has 2 amide bonds. The van der Waals surface area contributed by atoms with E-state index < -0.39 is 18.4 Å². The van der Waals surface area contributed by atoms with E-state index in [9.17, 15) is 9.59 Å². The van der Waals surface area contributed by atoms with Gasteiger partial charge in [0, 0.05) is 5.92 Å². The fourth-order valence-corrected chi connectivity index (χ4v) is 3.37. The Morgan fingerprint density at radius 2 is 1.70 bits per heavy atom. The summed E-state index contributed by atoms with van der Waals surface area (Å²) in [6.45, 7) is 2.51. The van der Waals surface area contributed by atoms with Gasteiger partial charge in [-0.15, -0.1) is 0 Å². The lowest BCUT2D eigenvalue weighted by atomic mass is 9.94. The third-order valence-electron chi connectivity index (χ3n) is 4.48. The molecule has 0 spiro atoms. The van der Waals surface area contributed by atoms with Gasteiger partial charge in [-0.25, -0.2) is 14.5 Å². The second-order valence-electron chi connectivity index (χ2n) is 5.55. The number of para-hydroxylation sites is 2. The standard InChI is InChI=1S/C16H20N2O5/c1-4-10-9-23-14-13(10)17(15(19)21-2)11-7-5-6-8-12(11)18(14)16(20)22-3/h5-8,10,13-14H,4,9H2,1-3H3/t10-,13+,14-/m1/s1. The van der Waals surface area contributed by atoms with Crippen molar-refractivity contribution < 1.29 is 23.8 Å². The molecule has 0 N–H and O–H groups in total. The molecule has 0 aliphatic carbocycles. The maximum absolute atomic E-state index is 12.4. The minimum atomic E-state index is -0.582. The van der Waals surface area contributed by atoms with Gasteiger partial charge in [-0.1, -0.05) is 19.1 Å². The fraction of sp³-hybridized carbons (Fsp3) is 0.500. The summed E-state index contributed by atoms with van der Waals surface area (Å²) in [5.74, 6) is 0.111. The molecular formula is C16H20N2O5. The van der Waals surface area contributed by atoms with Gasteiger partial charge in [0.05, 0.1) is 38.2 Å². The summed E-state index contributed by atoms with van der Waals surface area (Å²) in [4.78, 5) is 27.8. The maximum atomic E-state index is 12.4. The number of methoxy groups -OCH3 is 2. The maximum Gasteiger partial charge on any atom is 0.416 e. The molecule has 0 aromatic heterocycles. The summed E-state index contributed by atoms with van der Waals surface area (Å²) < 4.78 is 15.7. The first-order chi connectivity index (χ1) is 11.1. The van der Waals surface area contributed by atoms with E-state index in [2.05, 4.69) is 0 Å². The molecule has 7 heteroatoms. The third-order valence-corrected chi connectivity index (χ3v) is 4.48. The lowest BCUT2D eigenvalue weighted by Gasteiger charge is -2.44. The average Bonchev–Trinajstić information content (AvgIpc) is 3.01. The zero-order chi connectivity index (χ0) is 16.6. The molecule has 3 atom stereocenters. The van der Waals surface area contributed by atoms with Crippen LogP contribution >= 0.6 is 0 Å². The van der Waals surface area contributed by atoms with Crippen LogP contribution in [0.1, 0.15) is 13.3 Å². The summed E-state index contributed by atoms with van der Waals surface area (Å²) in [5, 5.41) is 0. The molecule has 1 fully saturated rings. The van der Waals surface area contributed by atoms with Crippen molar-refractivity contribution in [2.45, 2.75) is 25.6 Å². The SMILES string of the molecule is CC[C@@H]1CO[C@@H]2[C@H]1N(C(=O)OC)c1ccccc1N2C(=O)OC. The Labute approximate surface area is 134 Å². The van der Waals surface area contributed by atoms with E-state index in [1.165, 1.54) is 19.1 Å². The van der Waals surface area contributed by atoms with Crippen LogP contribution in [0.4, 0.5) is 21.0 Å². The van der Waals surface area contributed by atoms with Crippen molar-refractivity contribution in [3.8, 4) is 0 Å². The number of benzene rings is 1. The van der Waals surface area contributed by atoms with E-state index in [1.54, 1.807) is 23.1 Å². The Morgan fingerprint density at radius 3 is 2.26 bits per heavy atom. The minimum Gasteiger partial charge on any atom is -0.452 e. The normalized spacial score (nSPS) is 25.6. The van der Waals surface area contributed by atoms with Gasteiger partial charge in [0.15, 0.2) is 6.23 Å². The predicted octanol–water partition coefficient (Wildman–Crippen LogP) is 2.60. The number of anilines is 2. The summed E-state index contributed by atoms with van der Waals surface area (Å²) in [5.41, 5.74) is 1.19. The molecule has 7 nitrogen and oxygen atoms in total. The number of fused-ring (bicyclic) bond motifs is 2. The van der Waals surface area contributed by atoms with Crippen molar-refractivity contribution in [2.75, 3.05) is 30.6 Å². The zero-order valence-electron chi connectivity index (χ0n) is 13.4. The highest BCUT2D eigenvalue weighted by molar-refractivity contribution is 6.01. The Hall–Kier alpha value is -2.28. The minimum absolute atomic E-state index is 0.111. The molecular weight excluding hydrogens is 300 g/mol. The monoisotopic (exact) mass is 320 g/mol. The highest BCUT2D eigenvalue weighted by atomic mass is 16.6. The number of carbonyl (C=O) groups excluding carboxylic acids is 2. The largest absolute Gasteiger partial charge is 0.452 e. The third kappa shape index (κ3) is 2.31. The molecule has 23 heavy (non-hydrogen) atoms.